The Morgan fingerprint density at radius 1 is 0.289 bits per heavy atom. The van der Waals surface area contributed by atoms with Gasteiger partial charge in [-0.3, -0.25) is 37.3 Å². The highest BCUT2D eigenvalue weighted by Crippen LogP contribution is 2.45. The van der Waals surface area contributed by atoms with E-state index in [4.69, 9.17) is 37.0 Å². The van der Waals surface area contributed by atoms with E-state index in [2.05, 4.69) is 55.4 Å². The third kappa shape index (κ3) is 70.9. The predicted molar refractivity (Wildman–Crippen MR) is 395 cm³/mol. The van der Waals surface area contributed by atoms with Crippen LogP contribution in [0.3, 0.4) is 0 Å². The third-order valence-electron chi connectivity index (χ3n) is 18.4. The van der Waals surface area contributed by atoms with Crippen molar-refractivity contribution >= 4 is 39.5 Å². The van der Waals surface area contributed by atoms with E-state index < -0.39 is 97.5 Å². The van der Waals surface area contributed by atoms with Gasteiger partial charge in [0.05, 0.1) is 26.4 Å². The number of rotatable bonds is 75. The van der Waals surface area contributed by atoms with Crippen LogP contribution in [-0.4, -0.2) is 96.7 Å². The number of phosphoric ester groups is 2. The standard InChI is InChI=1S/C78H152O17P2/c1-9-71(8)57-49-41-32-26-19-15-11-13-17-21-29-35-45-53-60-77(82)94-73(64-88-75(80)58-50-42-33-27-23-22-25-31-39-47-55-69(4)5)66-92-96(84,85)90-62-72(79)63-91-97(86,87)93-67-74(65-89-76(81)59-51-43-37-36-40-48-56-70(6)7)95-78(83)61-52-44-34-28-20-16-12-10-14-18-24-30-38-46-54-68(2)3/h68-74,79H,9-67H2,1-8H3,(H,84,85)(H,86,87)/t71?,72-,73-,74-/m1/s1. The molecule has 3 unspecified atom stereocenters. The number of ether oxygens (including phenoxy) is 4. The molecule has 19 heteroatoms. The second-order valence-electron chi connectivity index (χ2n) is 29.8. The maximum Gasteiger partial charge on any atom is 0.472 e. The molecule has 0 aromatic rings. The summed E-state index contributed by atoms with van der Waals surface area (Å²) in [5, 5.41) is 10.6. The first kappa shape index (κ1) is 95.1. The van der Waals surface area contributed by atoms with Gasteiger partial charge in [0.1, 0.15) is 19.3 Å². The molecule has 0 rings (SSSR count). The Morgan fingerprint density at radius 2 is 0.495 bits per heavy atom. The lowest BCUT2D eigenvalue weighted by Crippen LogP contribution is -2.30. The molecule has 0 radical (unpaired) electrons. The topological polar surface area (TPSA) is 237 Å². The molecule has 0 aromatic heterocycles. The van der Waals surface area contributed by atoms with E-state index in [1.165, 1.54) is 193 Å². The van der Waals surface area contributed by atoms with Crippen LogP contribution in [0.5, 0.6) is 0 Å². The molecule has 3 N–H and O–H groups in total. The Kier molecular flexibility index (Phi) is 65.9. The zero-order valence-electron chi connectivity index (χ0n) is 63.7. The van der Waals surface area contributed by atoms with Crippen LogP contribution in [0.4, 0.5) is 0 Å². The molecule has 0 amide bonds. The van der Waals surface area contributed by atoms with E-state index in [-0.39, 0.29) is 25.7 Å². The van der Waals surface area contributed by atoms with Crippen molar-refractivity contribution in [2.45, 2.75) is 414 Å². The van der Waals surface area contributed by atoms with Crippen molar-refractivity contribution in [3.63, 3.8) is 0 Å². The van der Waals surface area contributed by atoms with Gasteiger partial charge in [-0.1, -0.05) is 344 Å². The van der Waals surface area contributed by atoms with E-state index in [1.54, 1.807) is 0 Å². The predicted octanol–water partition coefficient (Wildman–Crippen LogP) is 22.8. The van der Waals surface area contributed by atoms with Crippen molar-refractivity contribution in [3.8, 4) is 0 Å². The Bertz CT molecular complexity index is 1900. The zero-order chi connectivity index (χ0) is 71.7. The van der Waals surface area contributed by atoms with Crippen LogP contribution in [-0.2, 0) is 65.4 Å². The summed E-state index contributed by atoms with van der Waals surface area (Å²) >= 11 is 0. The van der Waals surface area contributed by atoms with Gasteiger partial charge in [-0.05, 0) is 49.4 Å². The largest absolute Gasteiger partial charge is 0.472 e. The molecule has 0 saturated carbocycles. The summed E-state index contributed by atoms with van der Waals surface area (Å²) in [4.78, 5) is 72.9. The van der Waals surface area contributed by atoms with Gasteiger partial charge in [0.25, 0.3) is 0 Å². The number of carbonyl (C=O) groups excluding carboxylic acids is 4. The number of hydrogen-bond donors (Lipinski definition) is 3. The quantitative estimate of drug-likeness (QED) is 0.0222. The van der Waals surface area contributed by atoms with Gasteiger partial charge >= 0.3 is 39.5 Å². The molecule has 0 fully saturated rings. The number of hydrogen-bond acceptors (Lipinski definition) is 15. The molecule has 0 aliphatic heterocycles. The lowest BCUT2D eigenvalue weighted by molar-refractivity contribution is -0.161. The maximum atomic E-state index is 13.1. The second-order valence-corrected chi connectivity index (χ2v) is 32.7. The molecule has 0 bridgehead atoms. The lowest BCUT2D eigenvalue weighted by Gasteiger charge is -2.21. The highest BCUT2D eigenvalue weighted by Gasteiger charge is 2.30. The van der Waals surface area contributed by atoms with Crippen LogP contribution in [0.15, 0.2) is 0 Å². The fraction of sp³-hybridized carbons (Fsp3) is 0.949. The van der Waals surface area contributed by atoms with Crippen molar-refractivity contribution in [3.05, 3.63) is 0 Å². The molecule has 576 valence electrons. The Labute approximate surface area is 594 Å². The maximum absolute atomic E-state index is 13.1. The van der Waals surface area contributed by atoms with E-state index in [0.29, 0.717) is 31.6 Å². The minimum absolute atomic E-state index is 0.106. The van der Waals surface area contributed by atoms with Crippen LogP contribution in [0.2, 0.25) is 0 Å². The van der Waals surface area contributed by atoms with E-state index in [1.807, 2.05) is 0 Å². The van der Waals surface area contributed by atoms with E-state index >= 15 is 0 Å². The SMILES string of the molecule is CCC(C)CCCCCCCCCCCCCCCCC(=O)O[C@H](COC(=O)CCCCCCCCCCCCC(C)C)COP(=O)(O)OC[C@@H](O)COP(=O)(O)OC[C@@H](COC(=O)CCCCCCCCC(C)C)OC(=O)CCCCCCCCCCCCCCCCC(C)C. The number of esters is 4. The number of unbranched alkanes of at least 4 members (excludes halogenated alkanes) is 40. The average molecular weight is 1420 g/mol. The van der Waals surface area contributed by atoms with Crippen molar-refractivity contribution in [1.29, 1.82) is 0 Å². The number of aliphatic hydroxyl groups is 1. The van der Waals surface area contributed by atoms with Crippen molar-refractivity contribution in [1.82, 2.24) is 0 Å². The van der Waals surface area contributed by atoms with Gasteiger partial charge in [-0.2, -0.15) is 0 Å². The highest BCUT2D eigenvalue weighted by atomic mass is 31.2. The van der Waals surface area contributed by atoms with Crippen LogP contribution in [0.25, 0.3) is 0 Å². The summed E-state index contributed by atoms with van der Waals surface area (Å²) < 4.78 is 68.6. The Balaban J connectivity index is 5.23. The number of carbonyl (C=O) groups is 4. The normalized spacial score (nSPS) is 14.4. The molecule has 0 aliphatic rings. The molecule has 0 spiro atoms. The second kappa shape index (κ2) is 67.2. The van der Waals surface area contributed by atoms with Crippen LogP contribution in [0.1, 0.15) is 396 Å². The smallest absolute Gasteiger partial charge is 0.462 e. The fourth-order valence-corrected chi connectivity index (χ4v) is 13.5. The molecule has 0 saturated heterocycles. The summed E-state index contributed by atoms with van der Waals surface area (Å²) in [6.07, 6.45) is 52.8. The van der Waals surface area contributed by atoms with Gasteiger partial charge in [0, 0.05) is 25.7 Å². The Morgan fingerprint density at radius 3 is 0.732 bits per heavy atom. The zero-order valence-corrected chi connectivity index (χ0v) is 65.5. The summed E-state index contributed by atoms with van der Waals surface area (Å²) in [7, 11) is -9.92. The summed E-state index contributed by atoms with van der Waals surface area (Å²) in [6, 6.07) is 0. The monoisotopic (exact) mass is 1420 g/mol. The van der Waals surface area contributed by atoms with E-state index in [0.717, 1.165) is 114 Å². The summed E-state index contributed by atoms with van der Waals surface area (Å²) in [6.45, 7) is 14.2. The van der Waals surface area contributed by atoms with Gasteiger partial charge in [0.15, 0.2) is 12.2 Å². The molecule has 0 aliphatic carbocycles. The first-order valence-electron chi connectivity index (χ1n) is 40.2. The number of phosphoric acid groups is 2. The first-order valence-corrected chi connectivity index (χ1v) is 43.2. The Hall–Kier alpha value is -1.94. The molecule has 97 heavy (non-hydrogen) atoms. The summed E-state index contributed by atoms with van der Waals surface area (Å²) in [5.41, 5.74) is 0. The van der Waals surface area contributed by atoms with Gasteiger partial charge in [0.2, 0.25) is 0 Å². The minimum atomic E-state index is -4.96. The molecule has 0 aromatic carbocycles. The van der Waals surface area contributed by atoms with Crippen LogP contribution in [0, 0.1) is 23.7 Å². The first-order chi connectivity index (χ1) is 46.6. The third-order valence-corrected chi connectivity index (χ3v) is 20.3. The minimum Gasteiger partial charge on any atom is -0.462 e. The summed E-state index contributed by atoms with van der Waals surface area (Å²) in [5.74, 6) is 0.959. The molecular weight excluding hydrogens is 1270 g/mol. The molecule has 17 nitrogen and oxygen atoms in total. The molecular formula is C78H152O17P2. The highest BCUT2D eigenvalue weighted by molar-refractivity contribution is 7.47. The van der Waals surface area contributed by atoms with Gasteiger partial charge < -0.3 is 33.8 Å². The van der Waals surface area contributed by atoms with Crippen LogP contribution >= 0.6 is 15.6 Å². The van der Waals surface area contributed by atoms with E-state index in [9.17, 15) is 43.2 Å². The fourth-order valence-electron chi connectivity index (χ4n) is 11.9. The van der Waals surface area contributed by atoms with Crippen molar-refractivity contribution < 1.29 is 80.2 Å². The van der Waals surface area contributed by atoms with Gasteiger partial charge in [-0.15, -0.1) is 0 Å². The van der Waals surface area contributed by atoms with Crippen LogP contribution < -0.4 is 0 Å². The average Bonchev–Trinajstić information content (AvgIpc) is 1.23. The van der Waals surface area contributed by atoms with Crippen molar-refractivity contribution in [2.75, 3.05) is 39.6 Å². The molecule has 0 heterocycles. The van der Waals surface area contributed by atoms with Gasteiger partial charge in [-0.25, -0.2) is 9.13 Å². The molecule has 6 atom stereocenters. The number of aliphatic hydroxyl groups excluding tert-OH is 1. The van der Waals surface area contributed by atoms with Crippen molar-refractivity contribution in [2.24, 2.45) is 23.7 Å². The lowest BCUT2D eigenvalue weighted by atomic mass is 9.99.